The number of carbonyl (C=O) groups is 1. The van der Waals surface area contributed by atoms with Crippen molar-refractivity contribution in [1.29, 1.82) is 0 Å². The van der Waals surface area contributed by atoms with E-state index < -0.39 is 12.6 Å². The van der Waals surface area contributed by atoms with Crippen LogP contribution in [0.3, 0.4) is 0 Å². The number of nitrogens with zero attached hydrogens (tertiary/aromatic N) is 3. The van der Waals surface area contributed by atoms with E-state index in [1.165, 1.54) is 18.2 Å². The summed E-state index contributed by atoms with van der Waals surface area (Å²) >= 11 is 0. The van der Waals surface area contributed by atoms with Crippen LogP contribution in [0.15, 0.2) is 36.5 Å². The van der Waals surface area contributed by atoms with E-state index >= 15 is 0 Å². The van der Waals surface area contributed by atoms with Crippen molar-refractivity contribution < 1.29 is 23.0 Å². The lowest BCUT2D eigenvalue weighted by molar-refractivity contribution is -0.0497. The molecule has 3 rings (SSSR count). The van der Waals surface area contributed by atoms with E-state index in [9.17, 15) is 13.6 Å². The van der Waals surface area contributed by atoms with Crippen LogP contribution in [-0.4, -0.2) is 48.9 Å². The second-order valence-corrected chi connectivity index (χ2v) is 5.64. The molecule has 2 heterocycles. The second-order valence-electron chi connectivity index (χ2n) is 5.64. The van der Waals surface area contributed by atoms with Crippen LogP contribution in [0.4, 0.5) is 25.1 Å². The molecule has 0 saturated carbocycles. The molecule has 0 spiro atoms. The van der Waals surface area contributed by atoms with Crippen LogP contribution in [0.5, 0.6) is 5.75 Å². The minimum atomic E-state index is -2.93. The van der Waals surface area contributed by atoms with Crippen LogP contribution < -0.4 is 20.3 Å². The van der Waals surface area contributed by atoms with Crippen LogP contribution in [0.2, 0.25) is 0 Å². The van der Waals surface area contributed by atoms with Gasteiger partial charge in [0.25, 0.3) is 0 Å². The summed E-state index contributed by atoms with van der Waals surface area (Å²) in [6.45, 7) is -0.00662. The number of carbonyl (C=O) groups excluding carboxylic acids is 1. The number of aromatic nitrogens is 2. The molecule has 0 aliphatic carbocycles. The number of anilines is 2. The number of amides is 2. The molecule has 144 valence electrons. The van der Waals surface area contributed by atoms with Gasteiger partial charge in [0.05, 0.1) is 19.8 Å². The molecular weight excluding hydrogens is 360 g/mol. The van der Waals surface area contributed by atoms with Crippen molar-refractivity contribution in [3.8, 4) is 5.75 Å². The second kappa shape index (κ2) is 9.08. The Morgan fingerprint density at radius 3 is 2.89 bits per heavy atom. The topological polar surface area (TPSA) is 88.6 Å². The Labute approximate surface area is 154 Å². The number of hydrogen-bond acceptors (Lipinski definition) is 6. The van der Waals surface area contributed by atoms with Gasteiger partial charge in [-0.3, -0.25) is 0 Å². The number of benzene rings is 1. The van der Waals surface area contributed by atoms with E-state index in [0.717, 1.165) is 18.9 Å². The van der Waals surface area contributed by atoms with E-state index in [4.69, 9.17) is 4.74 Å². The first kappa shape index (κ1) is 18.8. The summed E-state index contributed by atoms with van der Waals surface area (Å²) in [5.74, 6) is 1.20. The number of halogens is 2. The maximum atomic E-state index is 12.2. The molecular formula is C17H19F2N5O3. The molecule has 0 atom stereocenters. The average molecular weight is 379 g/mol. The van der Waals surface area contributed by atoms with Gasteiger partial charge in [-0.1, -0.05) is 6.07 Å². The fourth-order valence-corrected chi connectivity index (χ4v) is 2.53. The van der Waals surface area contributed by atoms with Gasteiger partial charge >= 0.3 is 12.6 Å². The fourth-order valence-electron chi connectivity index (χ4n) is 2.53. The molecule has 1 aromatic heterocycles. The molecule has 27 heavy (non-hydrogen) atoms. The van der Waals surface area contributed by atoms with Gasteiger partial charge in [0.2, 0.25) is 0 Å². The molecule has 1 saturated heterocycles. The molecule has 0 bridgehead atoms. The number of nitrogens with one attached hydrogen (secondary N) is 2. The van der Waals surface area contributed by atoms with Gasteiger partial charge in [-0.15, -0.1) is 0 Å². The molecule has 1 aliphatic rings. The highest BCUT2D eigenvalue weighted by molar-refractivity contribution is 5.89. The van der Waals surface area contributed by atoms with Gasteiger partial charge in [-0.05, 0) is 18.2 Å². The van der Waals surface area contributed by atoms with Crippen molar-refractivity contribution in [3.63, 3.8) is 0 Å². The van der Waals surface area contributed by atoms with Crippen molar-refractivity contribution in [2.24, 2.45) is 0 Å². The Bertz CT molecular complexity index is 772. The quantitative estimate of drug-likeness (QED) is 0.800. The van der Waals surface area contributed by atoms with Gasteiger partial charge in [0.15, 0.2) is 0 Å². The Morgan fingerprint density at radius 2 is 2.11 bits per heavy atom. The van der Waals surface area contributed by atoms with Crippen molar-refractivity contribution in [3.05, 3.63) is 42.4 Å². The SMILES string of the molecule is O=C(NCc1nccc(N2CCOCC2)n1)Nc1cccc(OC(F)F)c1. The Morgan fingerprint density at radius 1 is 1.30 bits per heavy atom. The lowest BCUT2D eigenvalue weighted by atomic mass is 10.3. The van der Waals surface area contributed by atoms with Crippen LogP contribution in [0.1, 0.15) is 5.82 Å². The summed E-state index contributed by atoms with van der Waals surface area (Å²) in [4.78, 5) is 22.7. The van der Waals surface area contributed by atoms with Gasteiger partial charge in [0.1, 0.15) is 17.4 Å². The highest BCUT2D eigenvalue weighted by atomic mass is 19.3. The number of hydrogen-bond donors (Lipinski definition) is 2. The highest BCUT2D eigenvalue weighted by Gasteiger charge is 2.13. The van der Waals surface area contributed by atoms with E-state index in [1.54, 1.807) is 12.3 Å². The van der Waals surface area contributed by atoms with Crippen molar-refractivity contribution in [2.45, 2.75) is 13.2 Å². The molecule has 2 N–H and O–H groups in total. The summed E-state index contributed by atoms with van der Waals surface area (Å²) in [5.41, 5.74) is 0.327. The number of urea groups is 1. The third-order valence-electron chi connectivity index (χ3n) is 3.75. The lowest BCUT2D eigenvalue weighted by Gasteiger charge is -2.27. The van der Waals surface area contributed by atoms with Crippen molar-refractivity contribution >= 4 is 17.5 Å². The molecule has 2 amide bonds. The largest absolute Gasteiger partial charge is 0.435 e. The zero-order valence-corrected chi connectivity index (χ0v) is 14.4. The first-order chi connectivity index (χ1) is 13.1. The molecule has 10 heteroatoms. The van der Waals surface area contributed by atoms with E-state index in [2.05, 4.69) is 30.2 Å². The summed E-state index contributed by atoms with van der Waals surface area (Å²) < 4.78 is 34.1. The molecule has 1 fully saturated rings. The zero-order chi connectivity index (χ0) is 19.1. The average Bonchev–Trinajstić information content (AvgIpc) is 2.67. The minimum absolute atomic E-state index is 0.0376. The maximum Gasteiger partial charge on any atom is 0.387 e. The number of rotatable bonds is 6. The first-order valence-corrected chi connectivity index (χ1v) is 8.34. The minimum Gasteiger partial charge on any atom is -0.435 e. The van der Waals surface area contributed by atoms with Crippen molar-refractivity contribution in [2.75, 3.05) is 36.5 Å². The van der Waals surface area contributed by atoms with E-state index in [1.807, 2.05) is 6.07 Å². The molecule has 0 radical (unpaired) electrons. The third-order valence-corrected chi connectivity index (χ3v) is 3.75. The van der Waals surface area contributed by atoms with Crippen molar-refractivity contribution in [1.82, 2.24) is 15.3 Å². The maximum absolute atomic E-state index is 12.2. The standard InChI is InChI=1S/C17H19F2N5O3/c18-16(19)27-13-3-1-2-12(10-13)22-17(25)21-11-14-20-5-4-15(23-14)24-6-8-26-9-7-24/h1-5,10,16H,6-9,11H2,(H2,21,22,25). The summed E-state index contributed by atoms with van der Waals surface area (Å²) in [7, 11) is 0. The molecule has 1 aliphatic heterocycles. The van der Waals surface area contributed by atoms with Crippen LogP contribution in [-0.2, 0) is 11.3 Å². The van der Waals surface area contributed by atoms with Crippen LogP contribution in [0, 0.1) is 0 Å². The molecule has 8 nitrogen and oxygen atoms in total. The smallest absolute Gasteiger partial charge is 0.387 e. The Kier molecular flexibility index (Phi) is 6.31. The number of alkyl halides is 2. The summed E-state index contributed by atoms with van der Waals surface area (Å²) in [5, 5.41) is 5.18. The first-order valence-electron chi connectivity index (χ1n) is 8.34. The Balaban J connectivity index is 1.53. The fraction of sp³-hybridized carbons (Fsp3) is 0.353. The number of ether oxygens (including phenoxy) is 2. The van der Waals surface area contributed by atoms with Gasteiger partial charge in [-0.25, -0.2) is 14.8 Å². The third kappa shape index (κ3) is 5.74. The Hall–Kier alpha value is -3.01. The van der Waals surface area contributed by atoms with Gasteiger partial charge < -0.3 is 25.0 Å². The number of morpholine rings is 1. The van der Waals surface area contributed by atoms with Crippen LogP contribution in [0.25, 0.3) is 0 Å². The predicted molar refractivity (Wildman–Crippen MR) is 94.0 cm³/mol. The molecule has 0 unspecified atom stereocenters. The molecule has 1 aromatic carbocycles. The summed E-state index contributed by atoms with van der Waals surface area (Å²) in [6, 6.07) is 7.05. The normalized spacial score (nSPS) is 14.1. The van der Waals surface area contributed by atoms with E-state index in [0.29, 0.717) is 24.7 Å². The monoisotopic (exact) mass is 379 g/mol. The van der Waals surface area contributed by atoms with Gasteiger partial charge in [-0.2, -0.15) is 8.78 Å². The molecule has 2 aromatic rings. The van der Waals surface area contributed by atoms with Gasteiger partial charge in [0, 0.05) is 31.0 Å². The summed E-state index contributed by atoms with van der Waals surface area (Å²) in [6.07, 6.45) is 1.64. The zero-order valence-electron chi connectivity index (χ0n) is 14.4. The predicted octanol–water partition coefficient (Wildman–Crippen LogP) is 2.24. The highest BCUT2D eigenvalue weighted by Crippen LogP contribution is 2.19. The van der Waals surface area contributed by atoms with Crippen LogP contribution >= 0.6 is 0 Å². The lowest BCUT2D eigenvalue weighted by Crippen LogP contribution is -2.37. The van der Waals surface area contributed by atoms with E-state index in [-0.39, 0.29) is 12.3 Å².